The van der Waals surface area contributed by atoms with E-state index in [4.69, 9.17) is 9.47 Å². The zero-order chi connectivity index (χ0) is 19.6. The molecular weight excluding hydrogens is 344 g/mol. The van der Waals surface area contributed by atoms with Crippen molar-refractivity contribution in [3.8, 4) is 11.5 Å². The standard InChI is InChI=1S/C21H24N2O4/c1-13-7-14(2)9-16(8-13)22-21(25)15-10-20(24)23(12-15)18-11-17(26-3)5-6-19(18)27-4/h5-9,11,15H,10,12H2,1-4H3,(H,22,25)/t15-/m0/s1. The first-order valence-electron chi connectivity index (χ1n) is 8.83. The first kappa shape index (κ1) is 18.8. The van der Waals surface area contributed by atoms with Gasteiger partial charge in [0.1, 0.15) is 11.5 Å². The Morgan fingerprint density at radius 2 is 1.78 bits per heavy atom. The summed E-state index contributed by atoms with van der Waals surface area (Å²) in [5.74, 6) is 0.510. The lowest BCUT2D eigenvalue weighted by atomic mass is 10.1. The van der Waals surface area contributed by atoms with Gasteiger partial charge in [-0.15, -0.1) is 0 Å². The summed E-state index contributed by atoms with van der Waals surface area (Å²) in [6.45, 7) is 4.27. The van der Waals surface area contributed by atoms with Crippen LogP contribution in [0.15, 0.2) is 36.4 Å². The third-order valence-electron chi connectivity index (χ3n) is 4.66. The molecular formula is C21H24N2O4. The van der Waals surface area contributed by atoms with Crippen LogP contribution >= 0.6 is 0 Å². The van der Waals surface area contributed by atoms with E-state index in [-0.39, 0.29) is 18.2 Å². The first-order chi connectivity index (χ1) is 12.9. The molecule has 1 fully saturated rings. The normalized spacial score (nSPS) is 16.4. The number of hydrogen-bond acceptors (Lipinski definition) is 4. The molecule has 0 aliphatic carbocycles. The Morgan fingerprint density at radius 3 is 2.41 bits per heavy atom. The lowest BCUT2D eigenvalue weighted by molar-refractivity contribution is -0.122. The summed E-state index contributed by atoms with van der Waals surface area (Å²) in [4.78, 5) is 26.8. The molecule has 1 aliphatic rings. The molecule has 1 aliphatic heterocycles. The van der Waals surface area contributed by atoms with Crippen LogP contribution in [0.4, 0.5) is 11.4 Å². The van der Waals surface area contributed by atoms with E-state index in [1.54, 1.807) is 37.3 Å². The van der Waals surface area contributed by atoms with Crippen LogP contribution in [-0.4, -0.2) is 32.6 Å². The number of amides is 2. The second-order valence-corrected chi connectivity index (χ2v) is 6.81. The lowest BCUT2D eigenvalue weighted by Gasteiger charge is -2.20. The van der Waals surface area contributed by atoms with Gasteiger partial charge < -0.3 is 19.7 Å². The summed E-state index contributed by atoms with van der Waals surface area (Å²) in [7, 11) is 3.12. The van der Waals surface area contributed by atoms with Crippen molar-refractivity contribution in [1.82, 2.24) is 0 Å². The summed E-state index contributed by atoms with van der Waals surface area (Å²) in [6.07, 6.45) is 0.164. The molecule has 0 bridgehead atoms. The van der Waals surface area contributed by atoms with Crippen molar-refractivity contribution in [3.05, 3.63) is 47.5 Å². The predicted molar refractivity (Wildman–Crippen MR) is 105 cm³/mol. The van der Waals surface area contributed by atoms with Crippen LogP contribution in [0.1, 0.15) is 17.5 Å². The SMILES string of the molecule is COc1ccc(OC)c(N2C[C@@H](C(=O)Nc3cc(C)cc(C)c3)CC2=O)c1. The maximum absolute atomic E-state index is 12.7. The number of aryl methyl sites for hydroxylation is 2. The maximum Gasteiger partial charge on any atom is 0.229 e. The van der Waals surface area contributed by atoms with E-state index in [0.717, 1.165) is 16.8 Å². The summed E-state index contributed by atoms with van der Waals surface area (Å²) in [5.41, 5.74) is 3.52. The molecule has 0 saturated carbocycles. The van der Waals surface area contributed by atoms with Crippen molar-refractivity contribution in [1.29, 1.82) is 0 Å². The number of ether oxygens (including phenoxy) is 2. The van der Waals surface area contributed by atoms with Crippen LogP contribution in [0.2, 0.25) is 0 Å². The highest BCUT2D eigenvalue weighted by Crippen LogP contribution is 2.36. The Kier molecular flexibility index (Phi) is 5.35. The highest BCUT2D eigenvalue weighted by atomic mass is 16.5. The van der Waals surface area contributed by atoms with E-state index in [2.05, 4.69) is 5.32 Å². The number of hydrogen-bond donors (Lipinski definition) is 1. The molecule has 0 unspecified atom stereocenters. The first-order valence-corrected chi connectivity index (χ1v) is 8.83. The van der Waals surface area contributed by atoms with Crippen LogP contribution in [0.3, 0.4) is 0 Å². The van der Waals surface area contributed by atoms with Gasteiger partial charge in [-0.25, -0.2) is 0 Å². The fourth-order valence-corrected chi connectivity index (χ4v) is 3.41. The molecule has 142 valence electrons. The van der Waals surface area contributed by atoms with Crippen LogP contribution < -0.4 is 19.7 Å². The highest BCUT2D eigenvalue weighted by molar-refractivity contribution is 6.04. The van der Waals surface area contributed by atoms with E-state index in [9.17, 15) is 9.59 Å². The molecule has 1 atom stereocenters. The van der Waals surface area contributed by atoms with E-state index in [1.807, 2.05) is 32.0 Å². The van der Waals surface area contributed by atoms with Gasteiger partial charge in [-0.1, -0.05) is 6.07 Å². The van der Waals surface area contributed by atoms with Crippen molar-refractivity contribution < 1.29 is 19.1 Å². The molecule has 1 N–H and O–H groups in total. The van der Waals surface area contributed by atoms with Gasteiger partial charge in [0.2, 0.25) is 11.8 Å². The maximum atomic E-state index is 12.7. The van der Waals surface area contributed by atoms with Crippen molar-refractivity contribution in [2.24, 2.45) is 5.92 Å². The number of carbonyl (C=O) groups excluding carboxylic acids is 2. The predicted octanol–water partition coefficient (Wildman–Crippen LogP) is 3.31. The molecule has 2 amide bonds. The van der Waals surface area contributed by atoms with Gasteiger partial charge in [-0.3, -0.25) is 9.59 Å². The van der Waals surface area contributed by atoms with Crippen molar-refractivity contribution in [3.63, 3.8) is 0 Å². The van der Waals surface area contributed by atoms with Gasteiger partial charge in [0.15, 0.2) is 0 Å². The van der Waals surface area contributed by atoms with Crippen molar-refractivity contribution in [2.75, 3.05) is 31.0 Å². The molecule has 2 aromatic carbocycles. The average molecular weight is 368 g/mol. The highest BCUT2D eigenvalue weighted by Gasteiger charge is 2.36. The van der Waals surface area contributed by atoms with Crippen molar-refractivity contribution >= 4 is 23.2 Å². The van der Waals surface area contributed by atoms with Gasteiger partial charge in [0.25, 0.3) is 0 Å². The molecule has 0 spiro atoms. The van der Waals surface area contributed by atoms with Crippen LogP contribution in [0.5, 0.6) is 11.5 Å². The van der Waals surface area contributed by atoms with E-state index < -0.39 is 5.92 Å². The number of anilines is 2. The monoisotopic (exact) mass is 368 g/mol. The molecule has 1 heterocycles. The quantitative estimate of drug-likeness (QED) is 0.879. The second kappa shape index (κ2) is 7.70. The molecule has 6 heteroatoms. The smallest absolute Gasteiger partial charge is 0.229 e. The van der Waals surface area contributed by atoms with Crippen LogP contribution in [-0.2, 0) is 9.59 Å². The molecule has 0 radical (unpaired) electrons. The number of carbonyl (C=O) groups is 2. The molecule has 27 heavy (non-hydrogen) atoms. The largest absolute Gasteiger partial charge is 0.497 e. The summed E-state index contributed by atoms with van der Waals surface area (Å²) in [5, 5.41) is 2.94. The summed E-state index contributed by atoms with van der Waals surface area (Å²) >= 11 is 0. The van der Waals surface area contributed by atoms with Gasteiger partial charge in [-0.2, -0.15) is 0 Å². The molecule has 6 nitrogen and oxygen atoms in total. The molecule has 2 aromatic rings. The fraction of sp³-hybridized carbons (Fsp3) is 0.333. The third-order valence-corrected chi connectivity index (χ3v) is 4.66. The third kappa shape index (κ3) is 4.05. The summed E-state index contributed by atoms with van der Waals surface area (Å²) < 4.78 is 10.6. The Morgan fingerprint density at radius 1 is 1.07 bits per heavy atom. The number of benzene rings is 2. The van der Waals surface area contributed by atoms with Gasteiger partial charge in [-0.05, 0) is 49.2 Å². The topological polar surface area (TPSA) is 67.9 Å². The fourth-order valence-electron chi connectivity index (χ4n) is 3.41. The van der Waals surface area contributed by atoms with Crippen molar-refractivity contribution in [2.45, 2.75) is 20.3 Å². The zero-order valence-corrected chi connectivity index (χ0v) is 16.0. The number of methoxy groups -OCH3 is 2. The van der Waals surface area contributed by atoms with Gasteiger partial charge in [0, 0.05) is 24.7 Å². The van der Waals surface area contributed by atoms with Gasteiger partial charge in [0.05, 0.1) is 25.8 Å². The Labute approximate surface area is 159 Å². The van der Waals surface area contributed by atoms with E-state index in [0.29, 0.717) is 23.7 Å². The Balaban J connectivity index is 1.78. The van der Waals surface area contributed by atoms with E-state index >= 15 is 0 Å². The minimum absolute atomic E-state index is 0.109. The average Bonchev–Trinajstić information content (AvgIpc) is 3.02. The Bertz CT molecular complexity index is 858. The minimum Gasteiger partial charge on any atom is -0.497 e. The van der Waals surface area contributed by atoms with Crippen LogP contribution in [0, 0.1) is 19.8 Å². The van der Waals surface area contributed by atoms with E-state index in [1.165, 1.54) is 0 Å². The number of nitrogens with zero attached hydrogens (tertiary/aromatic N) is 1. The molecule has 3 rings (SSSR count). The summed E-state index contributed by atoms with van der Waals surface area (Å²) in [6, 6.07) is 11.2. The second-order valence-electron chi connectivity index (χ2n) is 6.81. The minimum atomic E-state index is -0.422. The Hall–Kier alpha value is -3.02. The molecule has 1 saturated heterocycles. The van der Waals surface area contributed by atoms with Crippen LogP contribution in [0.25, 0.3) is 0 Å². The number of nitrogens with one attached hydrogen (secondary N) is 1. The zero-order valence-electron chi connectivity index (χ0n) is 16.0. The van der Waals surface area contributed by atoms with Gasteiger partial charge >= 0.3 is 0 Å². The molecule has 0 aromatic heterocycles. The number of rotatable bonds is 5. The lowest BCUT2D eigenvalue weighted by Crippen LogP contribution is -2.28.